The topological polar surface area (TPSA) is 93.3 Å². The lowest BCUT2D eigenvalue weighted by atomic mass is 10.0. The molecule has 1 aromatic heterocycles. The van der Waals surface area contributed by atoms with E-state index >= 15 is 0 Å². The van der Waals surface area contributed by atoms with Crippen molar-refractivity contribution >= 4 is 38.0 Å². The molecule has 0 aliphatic rings. The van der Waals surface area contributed by atoms with E-state index in [4.69, 9.17) is 17.3 Å². The van der Waals surface area contributed by atoms with Crippen molar-refractivity contribution in [2.24, 2.45) is 0 Å². The molecule has 0 aliphatic heterocycles. The van der Waals surface area contributed by atoms with Gasteiger partial charge in [-0.3, -0.25) is 0 Å². The predicted molar refractivity (Wildman–Crippen MR) is 111 cm³/mol. The number of hydrogen-bond donors (Lipinski definition) is 2. The summed E-state index contributed by atoms with van der Waals surface area (Å²) in [5.74, 6) is 0. The van der Waals surface area contributed by atoms with Gasteiger partial charge < -0.3 is 10.8 Å². The summed E-state index contributed by atoms with van der Waals surface area (Å²) in [6.45, 7) is 5.24. The van der Waals surface area contributed by atoms with Gasteiger partial charge in [0.05, 0.1) is 21.8 Å². The largest absolute Gasteiger partial charge is 0.397 e. The molecular formula is C20H23ClN2O3S. The van der Waals surface area contributed by atoms with Crippen LogP contribution in [-0.4, -0.2) is 24.8 Å². The molecule has 0 unspecified atom stereocenters. The number of benzene rings is 2. The standard InChI is InChI=1S/C12H13ClN2O.C8H10O2S/c1-12(2,16)11-9(14)6-7-5-8(13)3-4-10(7)15-11;1-7-3-5-8(6-4-7)11(2,9)10/h3-6,16H,14H2,1-2H3;3-6H,1-2H3. The number of hydrogen-bond acceptors (Lipinski definition) is 5. The minimum absolute atomic E-state index is 0.378. The van der Waals surface area contributed by atoms with Crippen molar-refractivity contribution in [3.05, 3.63) is 64.8 Å². The number of sulfone groups is 1. The molecule has 5 nitrogen and oxygen atoms in total. The summed E-state index contributed by atoms with van der Waals surface area (Å²) in [7, 11) is -3.02. The smallest absolute Gasteiger partial charge is 0.175 e. The Morgan fingerprint density at radius 2 is 1.67 bits per heavy atom. The first kappa shape index (κ1) is 21.2. The Morgan fingerprint density at radius 3 is 2.19 bits per heavy atom. The summed E-state index contributed by atoms with van der Waals surface area (Å²) in [6, 6.07) is 14.0. The van der Waals surface area contributed by atoms with E-state index < -0.39 is 15.4 Å². The number of halogens is 1. The quantitative estimate of drug-likeness (QED) is 0.668. The van der Waals surface area contributed by atoms with Gasteiger partial charge in [0.2, 0.25) is 0 Å². The normalized spacial score (nSPS) is 11.8. The average molecular weight is 407 g/mol. The van der Waals surface area contributed by atoms with E-state index in [0.29, 0.717) is 21.3 Å². The highest BCUT2D eigenvalue weighted by Crippen LogP contribution is 2.28. The molecule has 0 fully saturated rings. The van der Waals surface area contributed by atoms with Crippen LogP contribution in [-0.2, 0) is 15.4 Å². The Balaban J connectivity index is 0.000000208. The van der Waals surface area contributed by atoms with Gasteiger partial charge in [-0.1, -0.05) is 29.3 Å². The number of nitrogen functional groups attached to an aromatic ring is 1. The molecule has 0 atom stereocenters. The van der Waals surface area contributed by atoms with Gasteiger partial charge >= 0.3 is 0 Å². The van der Waals surface area contributed by atoms with Crippen LogP contribution in [0.4, 0.5) is 5.69 Å². The highest BCUT2D eigenvalue weighted by molar-refractivity contribution is 7.90. The molecule has 0 bridgehead atoms. The third kappa shape index (κ3) is 5.66. The second-order valence-corrected chi connectivity index (χ2v) is 9.36. The second-order valence-electron chi connectivity index (χ2n) is 6.91. The lowest BCUT2D eigenvalue weighted by Crippen LogP contribution is -2.19. The Kier molecular flexibility index (Phi) is 6.14. The van der Waals surface area contributed by atoms with Crippen LogP contribution in [0.5, 0.6) is 0 Å². The molecule has 0 saturated carbocycles. The molecule has 2 aromatic carbocycles. The fraction of sp³-hybridized carbons (Fsp3) is 0.250. The van der Waals surface area contributed by atoms with Gasteiger partial charge in [0.25, 0.3) is 0 Å². The third-order valence-corrected chi connectivity index (χ3v) is 5.20. The maximum atomic E-state index is 10.9. The van der Waals surface area contributed by atoms with Crippen LogP contribution in [0.3, 0.4) is 0 Å². The fourth-order valence-electron chi connectivity index (χ4n) is 2.44. The van der Waals surface area contributed by atoms with Crippen LogP contribution >= 0.6 is 11.6 Å². The zero-order valence-corrected chi connectivity index (χ0v) is 17.3. The molecule has 27 heavy (non-hydrogen) atoms. The van der Waals surface area contributed by atoms with Crippen LogP contribution in [0.15, 0.2) is 53.4 Å². The number of fused-ring (bicyclic) bond motifs is 1. The Labute approximate surface area is 164 Å². The maximum Gasteiger partial charge on any atom is 0.175 e. The number of rotatable bonds is 2. The Morgan fingerprint density at radius 1 is 1.07 bits per heavy atom. The molecule has 7 heteroatoms. The van der Waals surface area contributed by atoms with Crippen molar-refractivity contribution in [3.8, 4) is 0 Å². The Bertz CT molecular complexity index is 1060. The molecule has 3 N–H and O–H groups in total. The van der Waals surface area contributed by atoms with Gasteiger partial charge in [-0.2, -0.15) is 0 Å². The van der Waals surface area contributed by atoms with E-state index in [1.165, 1.54) is 6.26 Å². The fourth-order valence-corrected chi connectivity index (χ4v) is 3.25. The number of nitrogens with two attached hydrogens (primary N) is 1. The molecule has 0 amide bonds. The van der Waals surface area contributed by atoms with E-state index in [1.54, 1.807) is 56.3 Å². The zero-order chi connectivity index (χ0) is 20.4. The molecule has 0 spiro atoms. The van der Waals surface area contributed by atoms with Crippen LogP contribution in [0.25, 0.3) is 10.9 Å². The summed E-state index contributed by atoms with van der Waals surface area (Å²) in [6.07, 6.45) is 1.21. The van der Waals surface area contributed by atoms with Gasteiger partial charge in [-0.05, 0) is 57.2 Å². The van der Waals surface area contributed by atoms with E-state index in [2.05, 4.69) is 4.98 Å². The molecule has 0 radical (unpaired) electrons. The highest BCUT2D eigenvalue weighted by Gasteiger charge is 2.21. The highest BCUT2D eigenvalue weighted by atomic mass is 35.5. The van der Waals surface area contributed by atoms with Crippen molar-refractivity contribution < 1.29 is 13.5 Å². The lowest BCUT2D eigenvalue weighted by Gasteiger charge is -2.19. The molecule has 144 valence electrons. The monoisotopic (exact) mass is 406 g/mol. The summed E-state index contributed by atoms with van der Waals surface area (Å²) < 4.78 is 21.9. The Hall–Kier alpha value is -2.15. The number of aliphatic hydroxyl groups is 1. The first-order valence-corrected chi connectivity index (χ1v) is 10.5. The van der Waals surface area contributed by atoms with Crippen molar-refractivity contribution in [1.29, 1.82) is 0 Å². The summed E-state index contributed by atoms with van der Waals surface area (Å²) in [5.41, 5.74) is 7.62. The lowest BCUT2D eigenvalue weighted by molar-refractivity contribution is 0.0751. The van der Waals surface area contributed by atoms with E-state index in [-0.39, 0.29) is 0 Å². The van der Waals surface area contributed by atoms with Gasteiger partial charge in [0, 0.05) is 16.7 Å². The van der Waals surface area contributed by atoms with Gasteiger partial charge in [-0.15, -0.1) is 0 Å². The first-order valence-electron chi connectivity index (χ1n) is 8.23. The summed E-state index contributed by atoms with van der Waals surface area (Å²) in [4.78, 5) is 4.73. The van der Waals surface area contributed by atoms with Crippen LogP contribution in [0, 0.1) is 6.92 Å². The number of anilines is 1. The van der Waals surface area contributed by atoms with Gasteiger partial charge in [0.1, 0.15) is 5.60 Å². The SMILES string of the molecule is CC(C)(O)c1nc2ccc(Cl)cc2cc1N.Cc1ccc(S(C)(=O)=O)cc1. The van der Waals surface area contributed by atoms with E-state index in [1.807, 2.05) is 13.0 Å². The van der Waals surface area contributed by atoms with Crippen molar-refractivity contribution in [1.82, 2.24) is 4.98 Å². The minimum Gasteiger partial charge on any atom is -0.397 e. The minimum atomic E-state index is -3.02. The van der Waals surface area contributed by atoms with Crippen molar-refractivity contribution in [2.45, 2.75) is 31.3 Å². The van der Waals surface area contributed by atoms with Gasteiger partial charge in [-0.25, -0.2) is 13.4 Å². The number of nitrogens with zero attached hydrogens (tertiary/aromatic N) is 1. The van der Waals surface area contributed by atoms with Crippen LogP contribution < -0.4 is 5.73 Å². The van der Waals surface area contributed by atoms with E-state index in [0.717, 1.165) is 16.5 Å². The summed E-state index contributed by atoms with van der Waals surface area (Å²) in [5, 5.41) is 11.4. The summed E-state index contributed by atoms with van der Waals surface area (Å²) >= 11 is 5.88. The van der Waals surface area contributed by atoms with E-state index in [9.17, 15) is 13.5 Å². The number of aryl methyl sites for hydroxylation is 1. The zero-order valence-electron chi connectivity index (χ0n) is 15.7. The molecule has 3 aromatic rings. The molecule has 0 aliphatic carbocycles. The number of pyridine rings is 1. The third-order valence-electron chi connectivity index (χ3n) is 3.83. The number of aromatic nitrogens is 1. The van der Waals surface area contributed by atoms with Gasteiger partial charge in [0.15, 0.2) is 9.84 Å². The molecule has 1 heterocycles. The van der Waals surface area contributed by atoms with Crippen molar-refractivity contribution in [2.75, 3.05) is 12.0 Å². The second kappa shape index (κ2) is 7.84. The predicted octanol–water partition coefficient (Wildman–Crippen LogP) is 4.10. The first-order chi connectivity index (χ1) is 12.4. The molecule has 3 rings (SSSR count). The molecular weight excluding hydrogens is 384 g/mol. The van der Waals surface area contributed by atoms with Crippen LogP contribution in [0.1, 0.15) is 25.1 Å². The maximum absolute atomic E-state index is 10.9. The van der Waals surface area contributed by atoms with Crippen molar-refractivity contribution in [3.63, 3.8) is 0 Å². The average Bonchev–Trinajstić information content (AvgIpc) is 2.53. The molecule has 0 saturated heterocycles. The van der Waals surface area contributed by atoms with Crippen LogP contribution in [0.2, 0.25) is 5.02 Å².